The zero-order valence-corrected chi connectivity index (χ0v) is 18.2. The molecule has 3 rings (SSSR count). The van der Waals surface area contributed by atoms with Gasteiger partial charge in [-0.25, -0.2) is 4.79 Å². The molecule has 0 radical (unpaired) electrons. The predicted molar refractivity (Wildman–Crippen MR) is 108 cm³/mol. The Kier molecular flexibility index (Phi) is 5.12. The Morgan fingerprint density at radius 2 is 1.88 bits per heavy atom. The number of fused-ring (bicyclic) bond motifs is 1. The highest BCUT2D eigenvalue weighted by Gasteiger charge is 2.59. The minimum atomic E-state index is -0.0780. The number of rotatable bonds is 4. The van der Waals surface area contributed by atoms with Gasteiger partial charge in [0.05, 0.1) is 0 Å². The van der Waals surface area contributed by atoms with Crippen molar-refractivity contribution in [2.75, 3.05) is 6.61 Å². The summed E-state index contributed by atoms with van der Waals surface area (Å²) in [4.78, 5) is 12.1. The number of ether oxygens (including phenoxy) is 1. The van der Waals surface area contributed by atoms with Crippen molar-refractivity contribution in [3.05, 3.63) is 11.6 Å². The van der Waals surface area contributed by atoms with Gasteiger partial charge < -0.3 is 4.74 Å². The maximum atomic E-state index is 12.1. The monoisotopic (exact) mass is 360 g/mol. The second kappa shape index (κ2) is 6.67. The Bertz CT molecular complexity index is 589. The van der Waals surface area contributed by atoms with Crippen LogP contribution in [0.1, 0.15) is 87.0 Å². The van der Waals surface area contributed by atoms with Gasteiger partial charge in [0, 0.05) is 5.57 Å². The van der Waals surface area contributed by atoms with E-state index in [0.29, 0.717) is 34.7 Å². The summed E-state index contributed by atoms with van der Waals surface area (Å²) in [5.74, 6) is 2.50. The Morgan fingerprint density at radius 3 is 2.46 bits per heavy atom. The van der Waals surface area contributed by atoms with Crippen molar-refractivity contribution in [3.8, 4) is 0 Å². The van der Waals surface area contributed by atoms with Gasteiger partial charge in [-0.3, -0.25) is 0 Å². The lowest BCUT2D eigenvalue weighted by atomic mass is 9.40. The third-order valence-electron chi connectivity index (χ3n) is 9.40. The van der Waals surface area contributed by atoms with Gasteiger partial charge in [0.1, 0.15) is 6.61 Å². The molecule has 26 heavy (non-hydrogen) atoms. The number of hydrogen-bond donors (Lipinski definition) is 0. The van der Waals surface area contributed by atoms with Gasteiger partial charge in [-0.05, 0) is 78.1 Å². The van der Waals surface area contributed by atoms with Crippen LogP contribution in [0.5, 0.6) is 0 Å². The molecule has 2 aliphatic carbocycles. The summed E-state index contributed by atoms with van der Waals surface area (Å²) < 4.78 is 5.20. The third-order valence-corrected chi connectivity index (χ3v) is 9.40. The molecule has 0 bridgehead atoms. The van der Waals surface area contributed by atoms with E-state index in [1.165, 1.54) is 32.1 Å². The first-order valence-corrected chi connectivity index (χ1v) is 10.9. The largest absolute Gasteiger partial charge is 0.458 e. The summed E-state index contributed by atoms with van der Waals surface area (Å²) in [5.41, 5.74) is 2.11. The molecule has 6 atom stereocenters. The minimum Gasteiger partial charge on any atom is -0.458 e. The number of carbonyl (C=O) groups is 1. The average molecular weight is 361 g/mol. The minimum absolute atomic E-state index is 0.0780. The number of esters is 1. The highest BCUT2D eigenvalue weighted by Crippen LogP contribution is 2.67. The van der Waals surface area contributed by atoms with Crippen molar-refractivity contribution in [1.29, 1.82) is 0 Å². The molecule has 2 nitrogen and oxygen atoms in total. The molecule has 0 aromatic rings. The molecule has 2 unspecified atom stereocenters. The predicted octanol–water partition coefficient (Wildman–Crippen LogP) is 6.40. The molecule has 2 saturated carbocycles. The third kappa shape index (κ3) is 2.96. The van der Waals surface area contributed by atoms with E-state index in [-0.39, 0.29) is 5.97 Å². The first-order valence-electron chi connectivity index (χ1n) is 10.9. The summed E-state index contributed by atoms with van der Waals surface area (Å²) in [6.07, 6.45) is 9.78. The molecule has 1 aliphatic heterocycles. The standard InChI is InChI=1S/C24H40O2/c1-8-23(6)12-10-19-22(4,5)17(3)9-13-24(19,7)20(23)15-16(2)18-11-14-26-21(18)25/h11,16-17,19-20H,8-10,12-15H2,1-7H3/t16?,17-,19?,20+,23+,24+/m1/s1. The highest BCUT2D eigenvalue weighted by molar-refractivity contribution is 5.90. The summed E-state index contributed by atoms with van der Waals surface area (Å²) >= 11 is 0. The summed E-state index contributed by atoms with van der Waals surface area (Å²) in [7, 11) is 0. The van der Waals surface area contributed by atoms with E-state index in [1.807, 2.05) is 6.08 Å². The van der Waals surface area contributed by atoms with Gasteiger partial charge >= 0.3 is 5.97 Å². The lowest BCUT2D eigenvalue weighted by molar-refractivity contribution is -0.153. The molecule has 0 spiro atoms. The van der Waals surface area contributed by atoms with E-state index in [4.69, 9.17) is 4.74 Å². The molecular formula is C24H40O2. The van der Waals surface area contributed by atoms with Crippen LogP contribution in [-0.2, 0) is 9.53 Å². The van der Waals surface area contributed by atoms with E-state index in [9.17, 15) is 4.79 Å². The lowest BCUT2D eigenvalue weighted by Gasteiger charge is -2.64. The van der Waals surface area contributed by atoms with Crippen LogP contribution >= 0.6 is 0 Å². The average Bonchev–Trinajstić information content (AvgIpc) is 3.01. The van der Waals surface area contributed by atoms with Crippen LogP contribution < -0.4 is 0 Å². The van der Waals surface area contributed by atoms with Crippen molar-refractivity contribution in [2.45, 2.75) is 87.0 Å². The fourth-order valence-corrected chi connectivity index (χ4v) is 7.06. The van der Waals surface area contributed by atoms with Crippen LogP contribution in [0.2, 0.25) is 0 Å². The number of carbonyl (C=O) groups excluding carboxylic acids is 1. The molecule has 3 aliphatic rings. The first kappa shape index (κ1) is 20.0. The Labute approximate surface area is 161 Å². The van der Waals surface area contributed by atoms with E-state index in [2.05, 4.69) is 48.5 Å². The van der Waals surface area contributed by atoms with Crippen molar-refractivity contribution in [1.82, 2.24) is 0 Å². The van der Waals surface area contributed by atoms with Gasteiger partial charge in [-0.15, -0.1) is 0 Å². The molecule has 148 valence electrons. The fourth-order valence-electron chi connectivity index (χ4n) is 7.06. The second-order valence-electron chi connectivity index (χ2n) is 10.8. The van der Waals surface area contributed by atoms with Crippen LogP contribution in [0.15, 0.2) is 11.6 Å². The topological polar surface area (TPSA) is 26.3 Å². The summed E-state index contributed by atoms with van der Waals surface area (Å²) in [6.45, 7) is 17.7. The zero-order valence-electron chi connectivity index (χ0n) is 18.2. The van der Waals surface area contributed by atoms with E-state index >= 15 is 0 Å². The fraction of sp³-hybridized carbons (Fsp3) is 0.875. The molecule has 0 aromatic carbocycles. The van der Waals surface area contributed by atoms with Crippen LogP contribution in [0.25, 0.3) is 0 Å². The van der Waals surface area contributed by atoms with Crippen LogP contribution in [0, 0.1) is 39.9 Å². The molecule has 0 N–H and O–H groups in total. The number of cyclic esters (lactones) is 1. The first-order chi connectivity index (χ1) is 12.1. The molecular weight excluding hydrogens is 320 g/mol. The van der Waals surface area contributed by atoms with Gasteiger partial charge in [-0.2, -0.15) is 0 Å². The smallest absolute Gasteiger partial charge is 0.334 e. The van der Waals surface area contributed by atoms with Crippen molar-refractivity contribution in [2.24, 2.45) is 39.9 Å². The quantitative estimate of drug-likeness (QED) is 0.542. The summed E-state index contributed by atoms with van der Waals surface area (Å²) in [5, 5.41) is 0. The zero-order chi connectivity index (χ0) is 19.3. The van der Waals surface area contributed by atoms with Crippen LogP contribution in [0.3, 0.4) is 0 Å². The molecule has 0 aromatic heterocycles. The van der Waals surface area contributed by atoms with Crippen molar-refractivity contribution < 1.29 is 9.53 Å². The van der Waals surface area contributed by atoms with Gasteiger partial charge in [0.15, 0.2) is 0 Å². The SMILES string of the molecule is CC[C@@]1(C)CCC2C(C)(C)[C@H](C)CC[C@]2(C)[C@H]1CC(C)C1=CCOC1=O. The molecule has 1 heterocycles. The Balaban J connectivity index is 1.94. The van der Waals surface area contributed by atoms with Crippen molar-refractivity contribution in [3.63, 3.8) is 0 Å². The van der Waals surface area contributed by atoms with Gasteiger partial charge in [-0.1, -0.05) is 54.9 Å². The molecule has 2 fully saturated rings. The highest BCUT2D eigenvalue weighted by atomic mass is 16.5. The maximum absolute atomic E-state index is 12.1. The van der Waals surface area contributed by atoms with Crippen LogP contribution in [-0.4, -0.2) is 12.6 Å². The second-order valence-corrected chi connectivity index (χ2v) is 10.8. The molecule has 2 heteroatoms. The van der Waals surface area contributed by atoms with Gasteiger partial charge in [0.2, 0.25) is 0 Å². The molecule has 0 amide bonds. The lowest BCUT2D eigenvalue weighted by Crippen LogP contribution is -2.57. The number of hydrogen-bond acceptors (Lipinski definition) is 2. The molecule has 0 saturated heterocycles. The van der Waals surface area contributed by atoms with E-state index in [1.54, 1.807) is 0 Å². The van der Waals surface area contributed by atoms with Gasteiger partial charge in [0.25, 0.3) is 0 Å². The van der Waals surface area contributed by atoms with Crippen molar-refractivity contribution >= 4 is 5.97 Å². The summed E-state index contributed by atoms with van der Waals surface area (Å²) in [6, 6.07) is 0. The van der Waals surface area contributed by atoms with Crippen LogP contribution in [0.4, 0.5) is 0 Å². The Hall–Kier alpha value is -0.790. The van der Waals surface area contributed by atoms with E-state index < -0.39 is 0 Å². The Morgan fingerprint density at radius 1 is 1.19 bits per heavy atom. The maximum Gasteiger partial charge on any atom is 0.334 e. The van der Waals surface area contributed by atoms with E-state index in [0.717, 1.165) is 23.8 Å². The normalized spacial score (nSPS) is 43.4.